The van der Waals surface area contributed by atoms with E-state index in [2.05, 4.69) is 4.74 Å². The van der Waals surface area contributed by atoms with Crippen LogP contribution >= 0.6 is 0 Å². The molecule has 92 valence electrons. The van der Waals surface area contributed by atoms with E-state index >= 15 is 0 Å². The van der Waals surface area contributed by atoms with Crippen LogP contribution in [0, 0.1) is 5.82 Å². The van der Waals surface area contributed by atoms with Crippen molar-refractivity contribution in [3.63, 3.8) is 0 Å². The van der Waals surface area contributed by atoms with Gasteiger partial charge in [-0.25, -0.2) is 9.18 Å². The Morgan fingerprint density at radius 1 is 1.41 bits per heavy atom. The zero-order valence-electron chi connectivity index (χ0n) is 9.61. The molecule has 1 saturated heterocycles. The number of esters is 1. The molecule has 0 aromatic heterocycles. The number of hydrogen-bond donors (Lipinski definition) is 0. The Hall–Kier alpha value is -1.62. The van der Waals surface area contributed by atoms with E-state index in [0.717, 1.165) is 0 Å². The summed E-state index contributed by atoms with van der Waals surface area (Å²) in [5, 5.41) is 0. The quantitative estimate of drug-likeness (QED) is 0.732. The molecule has 0 aliphatic carbocycles. The van der Waals surface area contributed by atoms with Gasteiger partial charge in [0.1, 0.15) is 0 Å². The Kier molecular flexibility index (Phi) is 3.58. The van der Waals surface area contributed by atoms with Gasteiger partial charge in [-0.3, -0.25) is 0 Å². The molecule has 4 nitrogen and oxygen atoms in total. The second kappa shape index (κ2) is 5.14. The first-order chi connectivity index (χ1) is 8.24. The van der Waals surface area contributed by atoms with Gasteiger partial charge in [0.15, 0.2) is 5.82 Å². The van der Waals surface area contributed by atoms with Crippen molar-refractivity contribution in [3.05, 3.63) is 29.6 Å². The summed E-state index contributed by atoms with van der Waals surface area (Å²) < 4.78 is 23.9. The summed E-state index contributed by atoms with van der Waals surface area (Å²) in [7, 11) is 1.24. The van der Waals surface area contributed by atoms with Crippen LogP contribution in [0.25, 0.3) is 0 Å². The average molecular weight is 239 g/mol. The molecule has 17 heavy (non-hydrogen) atoms. The Balaban J connectivity index is 2.31. The van der Waals surface area contributed by atoms with Crippen LogP contribution in [0.15, 0.2) is 18.2 Å². The van der Waals surface area contributed by atoms with Crippen LogP contribution in [-0.2, 0) is 9.47 Å². The summed E-state index contributed by atoms with van der Waals surface area (Å²) in [6.07, 6.45) is 0. The molecule has 1 aromatic carbocycles. The molecule has 2 rings (SSSR count). The molecule has 1 fully saturated rings. The lowest BCUT2D eigenvalue weighted by atomic mass is 10.1. The first-order valence-electron chi connectivity index (χ1n) is 5.43. The number of hydrogen-bond acceptors (Lipinski definition) is 4. The lowest BCUT2D eigenvalue weighted by Crippen LogP contribution is -2.37. The maximum absolute atomic E-state index is 14.1. The van der Waals surface area contributed by atoms with E-state index in [4.69, 9.17) is 4.74 Å². The standard InChI is InChI=1S/C12H14FNO3/c1-16-12(15)9-3-2-4-10(11(9)13)14-5-7-17-8-6-14/h2-4H,5-8H2,1H3. The van der Waals surface area contributed by atoms with E-state index < -0.39 is 11.8 Å². The molecule has 0 amide bonds. The fraction of sp³-hybridized carbons (Fsp3) is 0.417. The van der Waals surface area contributed by atoms with Crippen molar-refractivity contribution in [2.45, 2.75) is 0 Å². The van der Waals surface area contributed by atoms with Gasteiger partial charge in [-0.15, -0.1) is 0 Å². The number of carbonyl (C=O) groups excluding carboxylic acids is 1. The molecule has 0 spiro atoms. The predicted molar refractivity (Wildman–Crippen MR) is 60.8 cm³/mol. The van der Waals surface area contributed by atoms with E-state index in [1.807, 2.05) is 4.90 Å². The fourth-order valence-corrected chi connectivity index (χ4v) is 1.84. The van der Waals surface area contributed by atoms with Crippen molar-refractivity contribution < 1.29 is 18.7 Å². The summed E-state index contributed by atoms with van der Waals surface area (Å²) >= 11 is 0. The third-order valence-electron chi connectivity index (χ3n) is 2.74. The van der Waals surface area contributed by atoms with Crippen LogP contribution in [0.4, 0.5) is 10.1 Å². The van der Waals surface area contributed by atoms with Crippen molar-refractivity contribution in [2.75, 3.05) is 38.3 Å². The highest BCUT2D eigenvalue weighted by atomic mass is 19.1. The second-order valence-electron chi connectivity index (χ2n) is 3.73. The molecule has 0 N–H and O–H groups in total. The number of morpholine rings is 1. The molecule has 5 heteroatoms. The molecule has 1 aliphatic rings. The van der Waals surface area contributed by atoms with Gasteiger partial charge in [0.05, 0.1) is 31.6 Å². The average Bonchev–Trinajstić information content (AvgIpc) is 2.39. The van der Waals surface area contributed by atoms with Gasteiger partial charge in [0, 0.05) is 13.1 Å². The van der Waals surface area contributed by atoms with Crippen LogP contribution in [0.1, 0.15) is 10.4 Å². The van der Waals surface area contributed by atoms with Gasteiger partial charge in [-0.2, -0.15) is 0 Å². The van der Waals surface area contributed by atoms with E-state index in [0.29, 0.717) is 32.0 Å². The lowest BCUT2D eigenvalue weighted by Gasteiger charge is -2.29. The number of carbonyl (C=O) groups is 1. The summed E-state index contributed by atoms with van der Waals surface area (Å²) in [6.45, 7) is 2.40. The van der Waals surface area contributed by atoms with Gasteiger partial charge >= 0.3 is 5.97 Å². The summed E-state index contributed by atoms with van der Waals surface area (Å²) in [5.41, 5.74) is 0.396. The Morgan fingerprint density at radius 3 is 2.76 bits per heavy atom. The van der Waals surface area contributed by atoms with Crippen LogP contribution in [-0.4, -0.2) is 39.4 Å². The van der Waals surface area contributed by atoms with Crippen molar-refractivity contribution in [1.29, 1.82) is 0 Å². The van der Waals surface area contributed by atoms with Crippen LogP contribution < -0.4 is 4.90 Å². The summed E-state index contributed by atoms with van der Waals surface area (Å²) in [6, 6.07) is 4.73. The van der Waals surface area contributed by atoms with Gasteiger partial charge in [-0.05, 0) is 12.1 Å². The Bertz CT molecular complexity index is 416. The molecule has 0 atom stereocenters. The monoisotopic (exact) mass is 239 g/mol. The molecule has 0 saturated carbocycles. The van der Waals surface area contributed by atoms with Crippen LogP contribution in [0.5, 0.6) is 0 Å². The third-order valence-corrected chi connectivity index (χ3v) is 2.74. The number of methoxy groups -OCH3 is 1. The molecule has 1 aliphatic heterocycles. The first kappa shape index (κ1) is 11.9. The highest BCUT2D eigenvalue weighted by Crippen LogP contribution is 2.23. The van der Waals surface area contributed by atoms with Crippen molar-refractivity contribution in [1.82, 2.24) is 0 Å². The Labute approximate surface area is 98.9 Å². The second-order valence-corrected chi connectivity index (χ2v) is 3.73. The minimum Gasteiger partial charge on any atom is -0.465 e. The smallest absolute Gasteiger partial charge is 0.340 e. The Morgan fingerprint density at radius 2 is 2.12 bits per heavy atom. The molecular weight excluding hydrogens is 225 g/mol. The zero-order chi connectivity index (χ0) is 12.3. The maximum Gasteiger partial charge on any atom is 0.340 e. The van der Waals surface area contributed by atoms with Gasteiger partial charge in [-0.1, -0.05) is 6.07 Å². The first-order valence-corrected chi connectivity index (χ1v) is 5.43. The molecule has 0 unspecified atom stereocenters. The molecule has 1 aromatic rings. The normalized spacial score (nSPS) is 15.8. The van der Waals surface area contributed by atoms with Gasteiger partial charge in [0.25, 0.3) is 0 Å². The van der Waals surface area contributed by atoms with Crippen molar-refractivity contribution in [3.8, 4) is 0 Å². The highest BCUT2D eigenvalue weighted by Gasteiger charge is 2.20. The molecule has 0 bridgehead atoms. The van der Waals surface area contributed by atoms with E-state index in [-0.39, 0.29) is 5.56 Å². The SMILES string of the molecule is COC(=O)c1cccc(N2CCOCC2)c1F. The summed E-state index contributed by atoms with van der Waals surface area (Å²) in [5.74, 6) is -1.18. The van der Waals surface area contributed by atoms with Gasteiger partial charge in [0.2, 0.25) is 0 Å². The number of rotatable bonds is 2. The number of halogens is 1. The van der Waals surface area contributed by atoms with Crippen LogP contribution in [0.2, 0.25) is 0 Å². The van der Waals surface area contributed by atoms with Crippen LogP contribution in [0.3, 0.4) is 0 Å². The fourth-order valence-electron chi connectivity index (χ4n) is 1.84. The number of nitrogens with zero attached hydrogens (tertiary/aromatic N) is 1. The maximum atomic E-state index is 14.1. The predicted octanol–water partition coefficient (Wildman–Crippen LogP) is 1.45. The van der Waals surface area contributed by atoms with Crippen molar-refractivity contribution in [2.24, 2.45) is 0 Å². The molecule has 0 radical (unpaired) electrons. The third kappa shape index (κ3) is 2.39. The molecule has 1 heterocycles. The lowest BCUT2D eigenvalue weighted by molar-refractivity contribution is 0.0595. The van der Waals surface area contributed by atoms with E-state index in [9.17, 15) is 9.18 Å². The number of anilines is 1. The minimum atomic E-state index is -0.655. The van der Waals surface area contributed by atoms with E-state index in [1.165, 1.54) is 13.2 Å². The topological polar surface area (TPSA) is 38.8 Å². The van der Waals surface area contributed by atoms with Crippen molar-refractivity contribution >= 4 is 11.7 Å². The van der Waals surface area contributed by atoms with E-state index in [1.54, 1.807) is 12.1 Å². The highest BCUT2D eigenvalue weighted by molar-refractivity contribution is 5.90. The minimum absolute atomic E-state index is 0.0310. The molecular formula is C12H14FNO3. The zero-order valence-corrected chi connectivity index (χ0v) is 9.61. The number of benzene rings is 1. The summed E-state index contributed by atoms with van der Waals surface area (Å²) in [4.78, 5) is 13.2. The number of ether oxygens (including phenoxy) is 2. The van der Waals surface area contributed by atoms with Gasteiger partial charge < -0.3 is 14.4 Å². The largest absolute Gasteiger partial charge is 0.465 e.